The van der Waals surface area contributed by atoms with Gasteiger partial charge in [0.2, 0.25) is 0 Å². The van der Waals surface area contributed by atoms with Gasteiger partial charge in [0.05, 0.1) is 11.7 Å². The largest absolute Gasteiger partial charge is 0.375 e. The van der Waals surface area contributed by atoms with Gasteiger partial charge in [-0.25, -0.2) is 4.98 Å². The minimum absolute atomic E-state index is 0.104. The van der Waals surface area contributed by atoms with Crippen LogP contribution in [0, 0.1) is 6.92 Å². The number of nitrogens with two attached hydrogens (primary N) is 1. The molecule has 0 spiro atoms. The maximum absolute atomic E-state index is 6.10. The minimum Gasteiger partial charge on any atom is -0.375 e. The van der Waals surface area contributed by atoms with Crippen molar-refractivity contribution in [1.82, 2.24) is 10.4 Å². The Labute approximate surface area is 115 Å². The summed E-state index contributed by atoms with van der Waals surface area (Å²) in [5, 5.41) is 5.37. The smallest absolute Gasteiger partial charge is 0.184 e. The van der Waals surface area contributed by atoms with Gasteiger partial charge in [-0.05, 0) is 30.8 Å². The van der Waals surface area contributed by atoms with E-state index < -0.39 is 0 Å². The molecular formula is C12H11ClN4S. The van der Waals surface area contributed by atoms with Crippen LogP contribution in [0.1, 0.15) is 11.1 Å². The maximum Gasteiger partial charge on any atom is 0.184 e. The highest BCUT2D eigenvalue weighted by Crippen LogP contribution is 2.21. The number of benzene rings is 1. The molecule has 1 heterocycles. The van der Waals surface area contributed by atoms with Crippen LogP contribution in [0.2, 0.25) is 5.15 Å². The average molecular weight is 279 g/mol. The van der Waals surface area contributed by atoms with Gasteiger partial charge < -0.3 is 5.73 Å². The maximum atomic E-state index is 6.10. The molecule has 0 unspecified atom stereocenters. The molecule has 0 aliphatic heterocycles. The molecule has 0 saturated heterocycles. The van der Waals surface area contributed by atoms with Gasteiger partial charge in [-0.3, -0.25) is 5.43 Å². The van der Waals surface area contributed by atoms with Crippen LogP contribution < -0.4 is 11.2 Å². The SMILES string of the molecule is Cc1cccc2cc(/C=N/NC(N)=S)c(Cl)nc12. The summed E-state index contributed by atoms with van der Waals surface area (Å²) in [5.41, 5.74) is 10.4. The topological polar surface area (TPSA) is 63.3 Å². The molecule has 0 aliphatic rings. The van der Waals surface area contributed by atoms with E-state index in [1.165, 1.54) is 6.21 Å². The molecule has 2 aromatic rings. The highest BCUT2D eigenvalue weighted by Gasteiger charge is 2.04. The van der Waals surface area contributed by atoms with Crippen molar-refractivity contribution in [3.8, 4) is 0 Å². The van der Waals surface area contributed by atoms with Crippen LogP contribution in [0.15, 0.2) is 29.4 Å². The standard InChI is InChI=1S/C12H11ClN4S/c1-7-3-2-4-8-5-9(6-15-17-12(14)18)11(13)16-10(7)8/h2-6H,1H3,(H3,14,17,18)/b15-6+. The third-order valence-corrected chi connectivity index (χ3v) is 2.80. The first-order valence-electron chi connectivity index (χ1n) is 5.22. The number of hydrogen-bond donors (Lipinski definition) is 2. The van der Waals surface area contributed by atoms with Gasteiger partial charge in [-0.1, -0.05) is 29.8 Å². The summed E-state index contributed by atoms with van der Waals surface area (Å²) in [6.45, 7) is 1.99. The first-order chi connectivity index (χ1) is 8.58. The predicted molar refractivity (Wildman–Crippen MR) is 79.0 cm³/mol. The first-order valence-corrected chi connectivity index (χ1v) is 6.01. The molecule has 0 fully saturated rings. The van der Waals surface area contributed by atoms with E-state index >= 15 is 0 Å². The number of thiocarbonyl (C=S) groups is 1. The van der Waals surface area contributed by atoms with Crippen molar-refractivity contribution >= 4 is 46.0 Å². The van der Waals surface area contributed by atoms with Crippen LogP contribution in [0.3, 0.4) is 0 Å². The van der Waals surface area contributed by atoms with Crippen LogP contribution >= 0.6 is 23.8 Å². The zero-order valence-electron chi connectivity index (χ0n) is 9.64. The van der Waals surface area contributed by atoms with E-state index in [0.717, 1.165) is 16.5 Å². The molecule has 0 bridgehead atoms. The van der Waals surface area contributed by atoms with E-state index in [1.807, 2.05) is 31.2 Å². The van der Waals surface area contributed by atoms with Crippen molar-refractivity contribution in [2.45, 2.75) is 6.92 Å². The van der Waals surface area contributed by atoms with Crippen LogP contribution in [-0.2, 0) is 0 Å². The molecule has 92 valence electrons. The average Bonchev–Trinajstić information content (AvgIpc) is 2.31. The molecule has 4 nitrogen and oxygen atoms in total. The molecule has 1 aromatic heterocycles. The number of halogens is 1. The quantitative estimate of drug-likeness (QED) is 0.383. The Morgan fingerprint density at radius 2 is 2.33 bits per heavy atom. The van der Waals surface area contributed by atoms with Crippen molar-refractivity contribution < 1.29 is 0 Å². The molecule has 18 heavy (non-hydrogen) atoms. The predicted octanol–water partition coefficient (Wildman–Crippen LogP) is 2.36. The fourth-order valence-corrected chi connectivity index (χ4v) is 1.84. The zero-order valence-corrected chi connectivity index (χ0v) is 11.2. The molecule has 0 radical (unpaired) electrons. The van der Waals surface area contributed by atoms with Crippen molar-refractivity contribution in [2.24, 2.45) is 10.8 Å². The van der Waals surface area contributed by atoms with Crippen LogP contribution in [0.4, 0.5) is 0 Å². The number of hydrazone groups is 1. The highest BCUT2D eigenvalue weighted by molar-refractivity contribution is 7.80. The van der Waals surface area contributed by atoms with Gasteiger partial charge in [0.1, 0.15) is 5.15 Å². The third kappa shape index (κ3) is 2.75. The summed E-state index contributed by atoms with van der Waals surface area (Å²) < 4.78 is 0. The lowest BCUT2D eigenvalue weighted by molar-refractivity contribution is 1.04. The summed E-state index contributed by atoms with van der Waals surface area (Å²) in [4.78, 5) is 4.36. The molecule has 1 aromatic carbocycles. The lowest BCUT2D eigenvalue weighted by Gasteiger charge is -2.04. The van der Waals surface area contributed by atoms with Gasteiger partial charge >= 0.3 is 0 Å². The van der Waals surface area contributed by atoms with E-state index in [0.29, 0.717) is 10.7 Å². The summed E-state index contributed by atoms with van der Waals surface area (Å²) in [7, 11) is 0. The van der Waals surface area contributed by atoms with Crippen molar-refractivity contribution in [1.29, 1.82) is 0 Å². The lowest BCUT2D eigenvalue weighted by atomic mass is 10.1. The number of fused-ring (bicyclic) bond motifs is 1. The summed E-state index contributed by atoms with van der Waals surface area (Å²) >= 11 is 10.7. The number of para-hydroxylation sites is 1. The van der Waals surface area contributed by atoms with Gasteiger partial charge in [-0.2, -0.15) is 5.10 Å². The van der Waals surface area contributed by atoms with Gasteiger partial charge in [0.15, 0.2) is 5.11 Å². The summed E-state index contributed by atoms with van der Waals surface area (Å²) in [6, 6.07) is 7.86. The normalized spacial score (nSPS) is 11.0. The van der Waals surface area contributed by atoms with Gasteiger partial charge in [0, 0.05) is 10.9 Å². The fourth-order valence-electron chi connectivity index (χ4n) is 1.60. The van der Waals surface area contributed by atoms with Crippen molar-refractivity contribution in [3.05, 3.63) is 40.5 Å². The summed E-state index contributed by atoms with van der Waals surface area (Å²) in [6.07, 6.45) is 1.54. The van der Waals surface area contributed by atoms with E-state index in [4.69, 9.17) is 17.3 Å². The second-order valence-electron chi connectivity index (χ2n) is 3.75. The number of nitrogens with one attached hydrogen (secondary N) is 1. The number of aromatic nitrogens is 1. The number of nitrogens with zero attached hydrogens (tertiary/aromatic N) is 2. The Kier molecular flexibility index (Phi) is 3.74. The fraction of sp³-hybridized carbons (Fsp3) is 0.0833. The van der Waals surface area contributed by atoms with E-state index in [-0.39, 0.29) is 5.11 Å². The van der Waals surface area contributed by atoms with Gasteiger partial charge in [0.25, 0.3) is 0 Å². The molecule has 2 rings (SSSR count). The first kappa shape index (κ1) is 12.7. The lowest BCUT2D eigenvalue weighted by Crippen LogP contribution is -2.24. The van der Waals surface area contributed by atoms with E-state index in [9.17, 15) is 0 Å². The van der Waals surface area contributed by atoms with E-state index in [2.05, 4.69) is 27.7 Å². The number of hydrogen-bond acceptors (Lipinski definition) is 3. The monoisotopic (exact) mass is 278 g/mol. The van der Waals surface area contributed by atoms with Crippen LogP contribution in [0.25, 0.3) is 10.9 Å². The highest BCUT2D eigenvalue weighted by atomic mass is 35.5. The van der Waals surface area contributed by atoms with Crippen LogP contribution in [0.5, 0.6) is 0 Å². The number of rotatable bonds is 2. The number of aryl methyl sites for hydroxylation is 1. The van der Waals surface area contributed by atoms with E-state index in [1.54, 1.807) is 0 Å². The Hall–Kier alpha value is -1.72. The molecule has 0 atom stereocenters. The molecule has 0 amide bonds. The molecule has 0 aliphatic carbocycles. The Morgan fingerprint density at radius 1 is 1.56 bits per heavy atom. The van der Waals surface area contributed by atoms with Crippen molar-refractivity contribution in [2.75, 3.05) is 0 Å². The second-order valence-corrected chi connectivity index (χ2v) is 4.55. The number of pyridine rings is 1. The molecule has 0 saturated carbocycles. The Balaban J connectivity index is 2.44. The van der Waals surface area contributed by atoms with Crippen LogP contribution in [-0.4, -0.2) is 16.3 Å². The Morgan fingerprint density at radius 3 is 3.06 bits per heavy atom. The minimum atomic E-state index is 0.104. The van der Waals surface area contributed by atoms with Crippen molar-refractivity contribution in [3.63, 3.8) is 0 Å². The molecular weight excluding hydrogens is 268 g/mol. The molecule has 3 N–H and O–H groups in total. The van der Waals surface area contributed by atoms with Gasteiger partial charge in [-0.15, -0.1) is 0 Å². The summed E-state index contributed by atoms with van der Waals surface area (Å²) in [5.74, 6) is 0. The third-order valence-electron chi connectivity index (χ3n) is 2.41. The molecule has 6 heteroatoms. The Bertz CT molecular complexity index is 639. The second kappa shape index (κ2) is 5.29. The zero-order chi connectivity index (χ0) is 13.1.